The zero-order valence-corrected chi connectivity index (χ0v) is 16.8. The number of thiophene rings is 1. The summed E-state index contributed by atoms with van der Waals surface area (Å²) in [5.41, 5.74) is 1.63. The molecule has 0 unspecified atom stereocenters. The van der Waals surface area contributed by atoms with Gasteiger partial charge in [0.1, 0.15) is 5.82 Å². The van der Waals surface area contributed by atoms with Crippen molar-refractivity contribution >= 4 is 38.1 Å². The Kier molecular flexibility index (Phi) is 4.64. The van der Waals surface area contributed by atoms with Gasteiger partial charge in [0.2, 0.25) is 0 Å². The largest absolute Gasteiger partial charge is 0.279 e. The monoisotopic (exact) mass is 416 g/mol. The highest BCUT2D eigenvalue weighted by Gasteiger charge is 2.20. The van der Waals surface area contributed by atoms with Gasteiger partial charge in [0.05, 0.1) is 32.7 Å². The lowest BCUT2D eigenvalue weighted by atomic mass is 10.2. The van der Waals surface area contributed by atoms with Crippen molar-refractivity contribution in [1.82, 2.24) is 14.8 Å². The smallest absolute Gasteiger partial charge is 0.261 e. The highest BCUT2D eigenvalue weighted by Crippen LogP contribution is 2.32. The topological polar surface area (TPSA) is 76.9 Å². The normalized spacial score (nSPS) is 12.0. The fourth-order valence-corrected chi connectivity index (χ4v) is 4.61. The number of fused-ring (bicyclic) bond motifs is 1. The lowest BCUT2D eigenvalue weighted by Gasteiger charge is -2.12. The number of hydrogen-bond donors (Lipinski definition) is 1. The van der Waals surface area contributed by atoms with Gasteiger partial charge < -0.3 is 0 Å². The Balaban J connectivity index is 1.87. The number of sulfonamides is 1. The van der Waals surface area contributed by atoms with Crippen LogP contribution in [0.1, 0.15) is 19.9 Å². The predicted octanol–water partition coefficient (Wildman–Crippen LogP) is 4.68. The third-order valence-electron chi connectivity index (χ3n) is 4.20. The molecule has 0 bridgehead atoms. The molecule has 1 N–H and O–H groups in total. The molecule has 6 nitrogen and oxygen atoms in total. The molecule has 28 heavy (non-hydrogen) atoms. The molecule has 0 saturated heterocycles. The Morgan fingerprint density at radius 1 is 1.18 bits per heavy atom. The van der Waals surface area contributed by atoms with E-state index >= 15 is 0 Å². The number of pyridine rings is 1. The van der Waals surface area contributed by atoms with Gasteiger partial charge in [-0.05, 0) is 55.6 Å². The molecule has 0 spiro atoms. The minimum absolute atomic E-state index is 0.0206. The number of hydrogen-bond acceptors (Lipinski definition) is 5. The Morgan fingerprint density at radius 3 is 2.57 bits per heavy atom. The van der Waals surface area contributed by atoms with Crippen molar-refractivity contribution in [2.45, 2.75) is 24.8 Å². The van der Waals surface area contributed by atoms with E-state index < -0.39 is 15.8 Å². The number of anilines is 1. The number of benzene rings is 1. The van der Waals surface area contributed by atoms with Crippen molar-refractivity contribution in [3.8, 4) is 10.6 Å². The van der Waals surface area contributed by atoms with Gasteiger partial charge in [-0.2, -0.15) is 5.10 Å². The van der Waals surface area contributed by atoms with Gasteiger partial charge in [0.25, 0.3) is 10.0 Å². The summed E-state index contributed by atoms with van der Waals surface area (Å²) in [7, 11) is -3.90. The van der Waals surface area contributed by atoms with E-state index in [1.807, 2.05) is 31.4 Å². The number of halogens is 1. The molecule has 0 aliphatic rings. The summed E-state index contributed by atoms with van der Waals surface area (Å²) >= 11 is 1.52. The fraction of sp³-hybridized carbons (Fsp3) is 0.158. The lowest BCUT2D eigenvalue weighted by molar-refractivity contribution is 0.546. The maximum absolute atomic E-state index is 13.2. The molecular formula is C19H17FN4O2S2. The van der Waals surface area contributed by atoms with E-state index in [0.29, 0.717) is 22.4 Å². The van der Waals surface area contributed by atoms with Crippen LogP contribution in [0.15, 0.2) is 58.9 Å². The molecule has 0 saturated carbocycles. The van der Waals surface area contributed by atoms with Crippen LogP contribution in [0.3, 0.4) is 0 Å². The summed E-state index contributed by atoms with van der Waals surface area (Å²) in [6, 6.07) is 10.3. The summed E-state index contributed by atoms with van der Waals surface area (Å²) in [6.45, 7) is 3.96. The van der Waals surface area contributed by atoms with Gasteiger partial charge in [-0.3, -0.25) is 4.72 Å². The fourth-order valence-electron chi connectivity index (χ4n) is 2.85. The van der Waals surface area contributed by atoms with Crippen LogP contribution in [-0.2, 0) is 10.0 Å². The molecule has 0 atom stereocenters. The Labute approximate surface area is 165 Å². The van der Waals surface area contributed by atoms with Gasteiger partial charge in [-0.15, -0.1) is 11.3 Å². The van der Waals surface area contributed by atoms with Crippen molar-refractivity contribution in [2.75, 3.05) is 4.72 Å². The first-order valence-electron chi connectivity index (χ1n) is 8.56. The van der Waals surface area contributed by atoms with Crippen LogP contribution in [0.5, 0.6) is 0 Å². The maximum Gasteiger partial charge on any atom is 0.261 e. The summed E-state index contributed by atoms with van der Waals surface area (Å²) in [5, 5.41) is 6.90. The minimum atomic E-state index is -3.90. The summed E-state index contributed by atoms with van der Waals surface area (Å²) in [6.07, 6.45) is 1.60. The van der Waals surface area contributed by atoms with E-state index in [1.54, 1.807) is 16.9 Å². The van der Waals surface area contributed by atoms with E-state index in [4.69, 9.17) is 4.98 Å². The quantitative estimate of drug-likeness (QED) is 0.512. The first kappa shape index (κ1) is 18.6. The van der Waals surface area contributed by atoms with Crippen LogP contribution in [-0.4, -0.2) is 23.2 Å². The van der Waals surface area contributed by atoms with E-state index in [0.717, 1.165) is 17.0 Å². The molecule has 9 heteroatoms. The van der Waals surface area contributed by atoms with E-state index in [9.17, 15) is 12.8 Å². The zero-order valence-electron chi connectivity index (χ0n) is 15.1. The molecule has 1 aromatic carbocycles. The third kappa shape index (κ3) is 3.38. The van der Waals surface area contributed by atoms with Crippen molar-refractivity contribution in [3.63, 3.8) is 0 Å². The van der Waals surface area contributed by atoms with E-state index in [2.05, 4.69) is 9.82 Å². The van der Waals surface area contributed by atoms with Gasteiger partial charge in [-0.1, -0.05) is 6.07 Å². The predicted molar refractivity (Wildman–Crippen MR) is 108 cm³/mol. The lowest BCUT2D eigenvalue weighted by Crippen LogP contribution is -2.13. The van der Waals surface area contributed by atoms with Crippen molar-refractivity contribution in [1.29, 1.82) is 0 Å². The standard InChI is InChI=1S/C19H17FN4O2S2/c1-12(2)24-19-15(11-21-24)16(10-17(22-19)18-4-3-9-27-18)23-28(25,26)14-7-5-13(20)6-8-14/h3-12H,1-2H3,(H,22,23). The third-order valence-corrected chi connectivity index (χ3v) is 6.47. The van der Waals surface area contributed by atoms with Crippen molar-refractivity contribution in [3.05, 3.63) is 59.9 Å². The number of nitrogens with one attached hydrogen (secondary N) is 1. The Bertz CT molecular complexity index is 1230. The van der Waals surface area contributed by atoms with Crippen LogP contribution < -0.4 is 4.72 Å². The molecule has 0 radical (unpaired) electrons. The molecule has 0 aliphatic heterocycles. The van der Waals surface area contributed by atoms with E-state index in [-0.39, 0.29) is 10.9 Å². The first-order valence-corrected chi connectivity index (χ1v) is 10.9. The van der Waals surface area contributed by atoms with Crippen molar-refractivity contribution < 1.29 is 12.8 Å². The van der Waals surface area contributed by atoms with Gasteiger partial charge >= 0.3 is 0 Å². The SMILES string of the molecule is CC(C)n1ncc2c(NS(=O)(=O)c3ccc(F)cc3)cc(-c3cccs3)nc21. The minimum Gasteiger partial charge on any atom is -0.279 e. The molecule has 3 heterocycles. The molecular weight excluding hydrogens is 399 g/mol. The Hall–Kier alpha value is -2.78. The van der Waals surface area contributed by atoms with Crippen molar-refractivity contribution in [2.24, 2.45) is 0 Å². The molecule has 144 valence electrons. The number of rotatable bonds is 5. The molecule has 4 rings (SSSR count). The summed E-state index contributed by atoms with van der Waals surface area (Å²) < 4.78 is 43.2. The van der Waals surface area contributed by atoms with Gasteiger partial charge in [-0.25, -0.2) is 22.5 Å². The first-order chi connectivity index (χ1) is 13.3. The Morgan fingerprint density at radius 2 is 1.93 bits per heavy atom. The second-order valence-corrected chi connectivity index (χ2v) is 9.14. The van der Waals surface area contributed by atoms with Crippen LogP contribution in [0.25, 0.3) is 21.6 Å². The second-order valence-electron chi connectivity index (χ2n) is 6.51. The molecule has 4 aromatic rings. The summed E-state index contributed by atoms with van der Waals surface area (Å²) in [5.74, 6) is -0.497. The van der Waals surface area contributed by atoms with Crippen LogP contribution in [0, 0.1) is 5.82 Å². The summed E-state index contributed by atoms with van der Waals surface area (Å²) in [4.78, 5) is 5.60. The maximum atomic E-state index is 13.2. The van der Waals surface area contributed by atoms with E-state index in [1.165, 1.54) is 23.5 Å². The molecule has 0 fully saturated rings. The van der Waals surface area contributed by atoms with Crippen LogP contribution >= 0.6 is 11.3 Å². The van der Waals surface area contributed by atoms with Crippen LogP contribution in [0.4, 0.5) is 10.1 Å². The highest BCUT2D eigenvalue weighted by atomic mass is 32.2. The average Bonchev–Trinajstić information content (AvgIpc) is 3.31. The van der Waals surface area contributed by atoms with Gasteiger partial charge in [0.15, 0.2) is 5.65 Å². The highest BCUT2D eigenvalue weighted by molar-refractivity contribution is 7.92. The molecule has 0 aliphatic carbocycles. The second kappa shape index (κ2) is 6.99. The van der Waals surface area contributed by atoms with Gasteiger partial charge in [0, 0.05) is 6.04 Å². The molecule has 0 amide bonds. The number of nitrogens with zero attached hydrogens (tertiary/aromatic N) is 3. The van der Waals surface area contributed by atoms with Crippen LogP contribution in [0.2, 0.25) is 0 Å². The number of aromatic nitrogens is 3. The average molecular weight is 417 g/mol. The molecule has 3 aromatic heterocycles. The zero-order chi connectivity index (χ0) is 19.9.